The van der Waals surface area contributed by atoms with Gasteiger partial charge in [-0.25, -0.2) is 0 Å². The molecular weight excluding hydrogens is 234 g/mol. The second-order valence-corrected chi connectivity index (χ2v) is 4.52. The molecule has 19 heavy (non-hydrogen) atoms. The smallest absolute Gasteiger partial charge is 0.166 e. The molecule has 0 amide bonds. The Morgan fingerprint density at radius 2 is 2.00 bits per heavy atom. The van der Waals surface area contributed by atoms with Gasteiger partial charge in [0.15, 0.2) is 5.78 Å². The minimum Gasteiger partial charge on any atom is -0.294 e. The molecule has 0 fully saturated rings. The summed E-state index contributed by atoms with van der Waals surface area (Å²) in [6.07, 6.45) is 6.75. The van der Waals surface area contributed by atoms with Crippen molar-refractivity contribution < 1.29 is 4.79 Å². The predicted octanol–water partition coefficient (Wildman–Crippen LogP) is 3.70. The number of ketones is 1. The van der Waals surface area contributed by atoms with Gasteiger partial charge < -0.3 is 0 Å². The van der Waals surface area contributed by atoms with Crippen LogP contribution in [0.3, 0.4) is 0 Å². The van der Waals surface area contributed by atoms with E-state index in [1.165, 1.54) is 0 Å². The quantitative estimate of drug-likeness (QED) is 0.579. The maximum absolute atomic E-state index is 12.5. The van der Waals surface area contributed by atoms with Crippen molar-refractivity contribution in [2.45, 2.75) is 12.8 Å². The highest BCUT2D eigenvalue weighted by Gasteiger charge is 2.19. The molecule has 2 nitrogen and oxygen atoms in total. The topological polar surface area (TPSA) is 30.0 Å². The minimum atomic E-state index is -0.0656. The van der Waals surface area contributed by atoms with Crippen LogP contribution in [-0.2, 0) is 6.42 Å². The summed E-state index contributed by atoms with van der Waals surface area (Å²) in [5.74, 6) is 0.105. The fourth-order valence-corrected chi connectivity index (χ4v) is 2.13. The molecule has 1 heterocycles. The molecular formula is C17H17NO. The Morgan fingerprint density at radius 1 is 1.21 bits per heavy atom. The third kappa shape index (κ3) is 3.62. The molecule has 2 heteroatoms. The molecule has 0 N–H and O–H groups in total. The molecule has 2 aromatic rings. The van der Waals surface area contributed by atoms with Gasteiger partial charge in [-0.15, -0.1) is 6.58 Å². The Morgan fingerprint density at radius 3 is 2.63 bits per heavy atom. The Kier molecular flexibility index (Phi) is 4.62. The SMILES string of the molecule is C=CCC(Cc1cccnc1)C(=O)c1ccccc1. The Hall–Kier alpha value is -2.22. The van der Waals surface area contributed by atoms with Crippen molar-refractivity contribution in [1.29, 1.82) is 0 Å². The Bertz CT molecular complexity index is 534. The fourth-order valence-electron chi connectivity index (χ4n) is 2.13. The van der Waals surface area contributed by atoms with Crippen molar-refractivity contribution in [3.8, 4) is 0 Å². The molecule has 0 bridgehead atoms. The lowest BCUT2D eigenvalue weighted by atomic mass is 9.89. The van der Waals surface area contributed by atoms with Crippen LogP contribution in [0, 0.1) is 5.92 Å². The lowest BCUT2D eigenvalue weighted by Crippen LogP contribution is -2.17. The highest BCUT2D eigenvalue weighted by Crippen LogP contribution is 2.18. The number of aromatic nitrogens is 1. The first-order valence-electron chi connectivity index (χ1n) is 6.40. The number of carbonyl (C=O) groups excluding carboxylic acids is 1. The number of hydrogen-bond acceptors (Lipinski definition) is 2. The van der Waals surface area contributed by atoms with E-state index in [1.807, 2.05) is 54.7 Å². The monoisotopic (exact) mass is 251 g/mol. The first kappa shape index (κ1) is 13.2. The average molecular weight is 251 g/mol. The van der Waals surface area contributed by atoms with Gasteiger partial charge >= 0.3 is 0 Å². The zero-order valence-corrected chi connectivity index (χ0v) is 10.8. The van der Waals surface area contributed by atoms with E-state index in [0.717, 1.165) is 11.1 Å². The zero-order chi connectivity index (χ0) is 13.5. The number of rotatable bonds is 6. The standard InChI is InChI=1S/C17H17NO/c1-2-7-16(12-14-8-6-11-18-13-14)17(19)15-9-4-3-5-10-15/h2-6,8-11,13,16H,1,7,12H2. The van der Waals surface area contributed by atoms with Gasteiger partial charge in [0.2, 0.25) is 0 Å². The third-order valence-electron chi connectivity index (χ3n) is 3.09. The third-order valence-corrected chi connectivity index (χ3v) is 3.09. The molecule has 1 aromatic heterocycles. The molecule has 1 aromatic carbocycles. The fraction of sp³-hybridized carbons (Fsp3) is 0.176. The summed E-state index contributed by atoms with van der Waals surface area (Å²) >= 11 is 0. The minimum absolute atomic E-state index is 0.0656. The van der Waals surface area contributed by atoms with Crippen LogP contribution < -0.4 is 0 Å². The highest BCUT2D eigenvalue weighted by molar-refractivity contribution is 5.98. The number of carbonyl (C=O) groups is 1. The largest absolute Gasteiger partial charge is 0.294 e. The van der Waals surface area contributed by atoms with Crippen LogP contribution in [0.4, 0.5) is 0 Å². The maximum Gasteiger partial charge on any atom is 0.166 e. The first-order chi connectivity index (χ1) is 9.31. The predicted molar refractivity (Wildman–Crippen MR) is 77.0 cm³/mol. The van der Waals surface area contributed by atoms with Crippen LogP contribution in [-0.4, -0.2) is 10.8 Å². The highest BCUT2D eigenvalue weighted by atomic mass is 16.1. The van der Waals surface area contributed by atoms with Crippen molar-refractivity contribution in [2.24, 2.45) is 5.92 Å². The summed E-state index contributed by atoms with van der Waals surface area (Å²) in [5.41, 5.74) is 1.84. The van der Waals surface area contributed by atoms with Gasteiger partial charge in [0.1, 0.15) is 0 Å². The number of nitrogens with zero attached hydrogens (tertiary/aromatic N) is 1. The summed E-state index contributed by atoms with van der Waals surface area (Å²) < 4.78 is 0. The van der Waals surface area contributed by atoms with E-state index in [9.17, 15) is 4.79 Å². The second kappa shape index (κ2) is 6.64. The van der Waals surface area contributed by atoms with Crippen molar-refractivity contribution in [1.82, 2.24) is 4.98 Å². The molecule has 0 spiro atoms. The van der Waals surface area contributed by atoms with Crippen LogP contribution in [0.5, 0.6) is 0 Å². The number of pyridine rings is 1. The molecule has 0 aliphatic rings. The number of benzene rings is 1. The van der Waals surface area contributed by atoms with Gasteiger partial charge in [-0.2, -0.15) is 0 Å². The summed E-state index contributed by atoms with van der Waals surface area (Å²) in [5, 5.41) is 0. The molecule has 0 radical (unpaired) electrons. The molecule has 96 valence electrons. The molecule has 0 aliphatic heterocycles. The van der Waals surface area contributed by atoms with E-state index in [2.05, 4.69) is 11.6 Å². The van der Waals surface area contributed by atoms with E-state index in [-0.39, 0.29) is 11.7 Å². The lowest BCUT2D eigenvalue weighted by molar-refractivity contribution is 0.0920. The van der Waals surface area contributed by atoms with Crippen LogP contribution in [0.25, 0.3) is 0 Å². The number of hydrogen-bond donors (Lipinski definition) is 0. The normalized spacial score (nSPS) is 11.8. The maximum atomic E-state index is 12.5. The second-order valence-electron chi connectivity index (χ2n) is 4.52. The van der Waals surface area contributed by atoms with Crippen LogP contribution in [0.2, 0.25) is 0 Å². The molecule has 1 atom stereocenters. The van der Waals surface area contributed by atoms with Crippen LogP contribution >= 0.6 is 0 Å². The van der Waals surface area contributed by atoms with E-state index in [1.54, 1.807) is 6.20 Å². The van der Waals surface area contributed by atoms with E-state index >= 15 is 0 Å². The summed E-state index contributed by atoms with van der Waals surface area (Å²) in [6.45, 7) is 3.75. The first-order valence-corrected chi connectivity index (χ1v) is 6.40. The van der Waals surface area contributed by atoms with Crippen LogP contribution in [0.1, 0.15) is 22.3 Å². The lowest BCUT2D eigenvalue weighted by Gasteiger charge is -2.14. The molecule has 0 aliphatic carbocycles. The van der Waals surface area contributed by atoms with Gasteiger partial charge in [0, 0.05) is 23.9 Å². The Labute approximate surface area is 113 Å². The van der Waals surface area contributed by atoms with Gasteiger partial charge in [0.25, 0.3) is 0 Å². The van der Waals surface area contributed by atoms with Gasteiger partial charge in [-0.1, -0.05) is 42.5 Å². The molecule has 0 saturated heterocycles. The summed E-state index contributed by atoms with van der Waals surface area (Å²) in [4.78, 5) is 16.6. The summed E-state index contributed by atoms with van der Waals surface area (Å²) in [7, 11) is 0. The number of Topliss-reactive ketones (excluding diaryl/α,β-unsaturated/α-hetero) is 1. The molecule has 1 unspecified atom stereocenters. The van der Waals surface area contributed by atoms with Crippen molar-refractivity contribution in [2.75, 3.05) is 0 Å². The Balaban J connectivity index is 2.16. The van der Waals surface area contributed by atoms with Crippen molar-refractivity contribution in [3.05, 3.63) is 78.6 Å². The summed E-state index contributed by atoms with van der Waals surface area (Å²) in [6, 6.07) is 13.3. The average Bonchev–Trinajstić information content (AvgIpc) is 2.48. The molecule has 2 rings (SSSR count). The van der Waals surface area contributed by atoms with E-state index in [0.29, 0.717) is 12.8 Å². The van der Waals surface area contributed by atoms with Gasteiger partial charge in [-0.05, 0) is 24.5 Å². The van der Waals surface area contributed by atoms with Gasteiger partial charge in [-0.3, -0.25) is 9.78 Å². The van der Waals surface area contributed by atoms with Crippen molar-refractivity contribution >= 4 is 5.78 Å². The van der Waals surface area contributed by atoms with E-state index in [4.69, 9.17) is 0 Å². The molecule has 0 saturated carbocycles. The van der Waals surface area contributed by atoms with Crippen molar-refractivity contribution in [3.63, 3.8) is 0 Å². The van der Waals surface area contributed by atoms with Crippen LogP contribution in [0.15, 0.2) is 67.5 Å². The number of allylic oxidation sites excluding steroid dienone is 1. The van der Waals surface area contributed by atoms with Gasteiger partial charge in [0.05, 0.1) is 0 Å². The van der Waals surface area contributed by atoms with E-state index < -0.39 is 0 Å². The zero-order valence-electron chi connectivity index (χ0n) is 10.8.